The number of benzene rings is 4. The lowest BCUT2D eigenvalue weighted by Gasteiger charge is -2.24. The number of rotatable bonds is 9. The van der Waals surface area contributed by atoms with Gasteiger partial charge in [-0.05, 0) is 72.6 Å². The number of amides is 1. The van der Waals surface area contributed by atoms with Crippen LogP contribution in [-0.2, 0) is 20.6 Å². The number of nitrogens with one attached hydrogen (secondary N) is 1. The van der Waals surface area contributed by atoms with Crippen LogP contribution < -0.4 is 9.62 Å². The molecule has 0 saturated heterocycles. The van der Waals surface area contributed by atoms with E-state index in [1.165, 1.54) is 17.0 Å². The molecule has 0 aliphatic rings. The third-order valence-corrected chi connectivity index (χ3v) is 8.85. The van der Waals surface area contributed by atoms with E-state index in [2.05, 4.69) is 33.4 Å². The van der Waals surface area contributed by atoms with Crippen molar-refractivity contribution in [1.29, 1.82) is 0 Å². The fourth-order valence-electron chi connectivity index (χ4n) is 3.60. The summed E-state index contributed by atoms with van der Waals surface area (Å²) in [5, 5.41) is 2.89. The molecule has 0 unspecified atom stereocenters. The summed E-state index contributed by atoms with van der Waals surface area (Å²) in [5.74, 6) is 0.387. The van der Waals surface area contributed by atoms with E-state index in [0.717, 1.165) is 25.7 Å². The fourth-order valence-corrected chi connectivity index (χ4v) is 6.17. The van der Waals surface area contributed by atoms with Crippen LogP contribution in [0.3, 0.4) is 0 Å². The van der Waals surface area contributed by atoms with Gasteiger partial charge in [0, 0.05) is 20.8 Å². The van der Waals surface area contributed by atoms with Gasteiger partial charge in [-0.3, -0.25) is 9.10 Å². The van der Waals surface area contributed by atoms with Crippen LogP contribution in [0.25, 0.3) is 0 Å². The van der Waals surface area contributed by atoms with Crippen LogP contribution in [0.5, 0.6) is 0 Å². The zero-order valence-corrected chi connectivity index (χ0v) is 22.8. The molecule has 36 heavy (non-hydrogen) atoms. The van der Waals surface area contributed by atoms with E-state index in [1.807, 2.05) is 43.3 Å². The monoisotopic (exact) mass is 580 g/mol. The molecule has 4 aromatic carbocycles. The first-order valence-electron chi connectivity index (χ1n) is 11.2. The number of aryl methyl sites for hydroxylation is 1. The summed E-state index contributed by atoms with van der Waals surface area (Å²) < 4.78 is 28.8. The Hall–Kier alpha value is -3.07. The Morgan fingerprint density at radius 1 is 0.889 bits per heavy atom. The lowest BCUT2D eigenvalue weighted by Crippen LogP contribution is -2.38. The Bertz CT molecular complexity index is 1430. The Labute approximate surface area is 224 Å². The first-order valence-corrected chi connectivity index (χ1v) is 14.5. The van der Waals surface area contributed by atoms with Gasteiger partial charge in [0.15, 0.2) is 0 Å². The predicted octanol–water partition coefficient (Wildman–Crippen LogP) is 6.88. The maximum absolute atomic E-state index is 13.4. The molecule has 0 spiro atoms. The summed E-state index contributed by atoms with van der Waals surface area (Å²) >= 11 is 5.12. The molecular weight excluding hydrogens is 556 g/mol. The van der Waals surface area contributed by atoms with Crippen molar-refractivity contribution in [3.05, 3.63) is 119 Å². The molecule has 0 heterocycles. The van der Waals surface area contributed by atoms with Crippen LogP contribution in [0.4, 0.5) is 11.4 Å². The minimum Gasteiger partial charge on any atom is -0.324 e. The molecule has 8 heteroatoms. The molecule has 0 aliphatic heterocycles. The Balaban J connectivity index is 1.50. The molecule has 0 aromatic heterocycles. The Morgan fingerprint density at radius 3 is 2.17 bits per heavy atom. The molecule has 0 aliphatic carbocycles. The smallest absolute Gasteiger partial charge is 0.264 e. The summed E-state index contributed by atoms with van der Waals surface area (Å²) in [6.45, 7) is 1.57. The van der Waals surface area contributed by atoms with Crippen molar-refractivity contribution in [3.63, 3.8) is 0 Å². The van der Waals surface area contributed by atoms with Crippen molar-refractivity contribution in [2.45, 2.75) is 22.5 Å². The van der Waals surface area contributed by atoms with Gasteiger partial charge < -0.3 is 5.32 Å². The number of anilines is 2. The van der Waals surface area contributed by atoms with Gasteiger partial charge in [0.05, 0.1) is 10.6 Å². The number of sulfonamides is 1. The van der Waals surface area contributed by atoms with Crippen molar-refractivity contribution in [1.82, 2.24) is 0 Å². The number of hydrogen-bond donors (Lipinski definition) is 1. The second-order valence-electron chi connectivity index (χ2n) is 8.10. The van der Waals surface area contributed by atoms with Crippen LogP contribution in [0.2, 0.25) is 0 Å². The molecule has 0 fully saturated rings. The number of hydrogen-bond acceptors (Lipinski definition) is 4. The molecule has 0 radical (unpaired) electrons. The zero-order valence-electron chi connectivity index (χ0n) is 19.6. The highest BCUT2D eigenvalue weighted by molar-refractivity contribution is 9.10. The van der Waals surface area contributed by atoms with Crippen LogP contribution in [0, 0.1) is 6.92 Å². The molecule has 5 nitrogen and oxygen atoms in total. The quantitative estimate of drug-likeness (QED) is 0.219. The lowest BCUT2D eigenvalue weighted by atomic mass is 10.1. The van der Waals surface area contributed by atoms with Crippen molar-refractivity contribution >= 4 is 55.0 Å². The van der Waals surface area contributed by atoms with Gasteiger partial charge in [-0.1, -0.05) is 64.5 Å². The van der Waals surface area contributed by atoms with Crippen molar-refractivity contribution in [2.24, 2.45) is 0 Å². The summed E-state index contributed by atoms with van der Waals surface area (Å²) in [6.07, 6.45) is 0. The average Bonchev–Trinajstić information content (AvgIpc) is 2.89. The minimum absolute atomic E-state index is 0.122. The highest BCUT2D eigenvalue weighted by Crippen LogP contribution is 2.27. The standard InChI is InChI=1S/C28H25BrN2O3S2/c1-21-18-22(20-35-25-8-4-2-5-9-25)12-17-27(21)30-28(32)19-31(24-15-13-23(29)14-16-24)36(33,34)26-10-6-3-7-11-26/h2-18H,19-20H2,1H3,(H,30,32). The molecule has 4 aromatic rings. The fraction of sp³-hybridized carbons (Fsp3) is 0.107. The highest BCUT2D eigenvalue weighted by Gasteiger charge is 2.27. The van der Waals surface area contributed by atoms with E-state index < -0.39 is 15.9 Å². The van der Waals surface area contributed by atoms with Gasteiger partial charge >= 0.3 is 0 Å². The lowest BCUT2D eigenvalue weighted by molar-refractivity contribution is -0.114. The van der Waals surface area contributed by atoms with Gasteiger partial charge in [-0.15, -0.1) is 11.8 Å². The third-order valence-electron chi connectivity index (χ3n) is 5.45. The SMILES string of the molecule is Cc1cc(CSc2ccccc2)ccc1NC(=O)CN(c1ccc(Br)cc1)S(=O)(=O)c1ccccc1. The molecule has 184 valence electrons. The van der Waals surface area contributed by atoms with Crippen LogP contribution >= 0.6 is 27.7 Å². The van der Waals surface area contributed by atoms with Crippen molar-refractivity contribution in [2.75, 3.05) is 16.2 Å². The first-order chi connectivity index (χ1) is 17.3. The summed E-state index contributed by atoms with van der Waals surface area (Å²) in [4.78, 5) is 14.4. The number of carbonyl (C=O) groups is 1. The number of thioether (sulfide) groups is 1. The van der Waals surface area contributed by atoms with Crippen LogP contribution in [0.15, 0.2) is 117 Å². The van der Waals surface area contributed by atoms with Crippen LogP contribution in [-0.4, -0.2) is 20.9 Å². The van der Waals surface area contributed by atoms with E-state index in [-0.39, 0.29) is 11.4 Å². The molecule has 1 amide bonds. The van der Waals surface area contributed by atoms with Gasteiger partial charge in [-0.2, -0.15) is 0 Å². The van der Waals surface area contributed by atoms with E-state index in [0.29, 0.717) is 11.4 Å². The second kappa shape index (κ2) is 11.8. The molecule has 4 rings (SSSR count). The van der Waals surface area contributed by atoms with E-state index in [1.54, 1.807) is 54.2 Å². The second-order valence-corrected chi connectivity index (χ2v) is 11.9. The van der Waals surface area contributed by atoms with Gasteiger partial charge in [-0.25, -0.2) is 8.42 Å². The maximum atomic E-state index is 13.4. The van der Waals surface area contributed by atoms with E-state index in [9.17, 15) is 13.2 Å². The number of halogens is 1. The van der Waals surface area contributed by atoms with Crippen molar-refractivity contribution in [3.8, 4) is 0 Å². The maximum Gasteiger partial charge on any atom is 0.264 e. The summed E-state index contributed by atoms with van der Waals surface area (Å²) in [6, 6.07) is 31.0. The topological polar surface area (TPSA) is 66.5 Å². The van der Waals surface area contributed by atoms with Gasteiger partial charge in [0.2, 0.25) is 5.91 Å². The number of nitrogens with zero attached hydrogens (tertiary/aromatic N) is 1. The predicted molar refractivity (Wildman–Crippen MR) is 151 cm³/mol. The van der Waals surface area contributed by atoms with Crippen molar-refractivity contribution < 1.29 is 13.2 Å². The van der Waals surface area contributed by atoms with E-state index >= 15 is 0 Å². The van der Waals surface area contributed by atoms with Gasteiger partial charge in [0.25, 0.3) is 10.0 Å². The zero-order chi connectivity index (χ0) is 25.5. The molecular formula is C28H25BrN2O3S2. The van der Waals surface area contributed by atoms with Crippen LogP contribution in [0.1, 0.15) is 11.1 Å². The van der Waals surface area contributed by atoms with E-state index in [4.69, 9.17) is 0 Å². The largest absolute Gasteiger partial charge is 0.324 e. The average molecular weight is 582 g/mol. The first kappa shape index (κ1) is 26.0. The highest BCUT2D eigenvalue weighted by atomic mass is 79.9. The van der Waals surface area contributed by atoms with Gasteiger partial charge in [0.1, 0.15) is 6.54 Å². The number of carbonyl (C=O) groups excluding carboxylic acids is 1. The Morgan fingerprint density at radius 2 is 1.53 bits per heavy atom. The summed E-state index contributed by atoms with van der Waals surface area (Å²) in [7, 11) is -3.95. The molecule has 0 bridgehead atoms. The minimum atomic E-state index is -3.95. The molecule has 0 saturated carbocycles. The molecule has 1 N–H and O–H groups in total. The summed E-state index contributed by atoms with van der Waals surface area (Å²) in [5.41, 5.74) is 3.11. The normalized spacial score (nSPS) is 11.2. The third kappa shape index (κ3) is 6.57. The molecule has 0 atom stereocenters. The Kier molecular flexibility index (Phi) is 8.51.